The van der Waals surface area contributed by atoms with E-state index < -0.39 is 0 Å². The summed E-state index contributed by atoms with van der Waals surface area (Å²) in [5.74, 6) is 0.187. The minimum Gasteiger partial charge on any atom is -0.288 e. The Labute approximate surface area is 111 Å². The van der Waals surface area contributed by atoms with E-state index in [2.05, 4.69) is 6.07 Å². The summed E-state index contributed by atoms with van der Waals surface area (Å²) in [6.07, 6.45) is 4.83. The molecule has 1 nitrogen and oxygen atoms in total. The normalized spacial score (nSPS) is 14.3. The van der Waals surface area contributed by atoms with Crippen LogP contribution < -0.4 is 0 Å². The summed E-state index contributed by atoms with van der Waals surface area (Å²) in [7, 11) is 0. The van der Waals surface area contributed by atoms with Gasteiger partial charge in [0.2, 0.25) is 5.78 Å². The maximum Gasteiger partial charge on any atom is 0.203 e. The van der Waals surface area contributed by atoms with Crippen LogP contribution >= 0.6 is 11.3 Å². The molecule has 0 unspecified atom stereocenters. The van der Waals surface area contributed by atoms with E-state index in [0.29, 0.717) is 0 Å². The van der Waals surface area contributed by atoms with Gasteiger partial charge < -0.3 is 0 Å². The third kappa shape index (κ3) is 2.01. The average Bonchev–Trinajstić information content (AvgIpc) is 2.82. The fourth-order valence-electron chi connectivity index (χ4n) is 2.56. The fourth-order valence-corrected chi connectivity index (χ4v) is 3.77. The maximum atomic E-state index is 12.5. The summed E-state index contributed by atoms with van der Waals surface area (Å²) in [4.78, 5) is 14.8. The number of carbonyl (C=O) groups is 1. The molecule has 1 aromatic heterocycles. The Kier molecular flexibility index (Phi) is 3.04. The van der Waals surface area contributed by atoms with Gasteiger partial charge in [0.1, 0.15) is 0 Å². The number of ketones is 1. The van der Waals surface area contributed by atoms with Gasteiger partial charge in [-0.3, -0.25) is 4.79 Å². The molecule has 2 aromatic rings. The van der Waals surface area contributed by atoms with E-state index in [4.69, 9.17) is 0 Å². The SMILES string of the molecule is Cc1ccccc1C(=O)c1cc2c(s1)CCCC2. The molecule has 0 saturated heterocycles. The number of hydrogen-bond acceptors (Lipinski definition) is 2. The second kappa shape index (κ2) is 4.69. The van der Waals surface area contributed by atoms with Crippen molar-refractivity contribution in [1.29, 1.82) is 0 Å². The van der Waals surface area contributed by atoms with Gasteiger partial charge in [0.15, 0.2) is 0 Å². The molecule has 1 aliphatic carbocycles. The van der Waals surface area contributed by atoms with Crippen LogP contribution in [0, 0.1) is 6.92 Å². The Bertz CT molecular complexity index is 571. The molecule has 0 radical (unpaired) electrons. The molecule has 0 saturated carbocycles. The second-order valence-corrected chi connectivity index (χ2v) is 6.05. The molecule has 1 aromatic carbocycles. The Morgan fingerprint density at radius 3 is 2.72 bits per heavy atom. The number of benzene rings is 1. The Morgan fingerprint density at radius 2 is 1.94 bits per heavy atom. The predicted molar refractivity (Wildman–Crippen MR) is 75.6 cm³/mol. The standard InChI is InChI=1S/C16H16OS/c1-11-6-2-4-8-13(11)16(17)15-10-12-7-3-5-9-14(12)18-15/h2,4,6,8,10H,3,5,7,9H2,1H3. The van der Waals surface area contributed by atoms with Crippen molar-refractivity contribution in [1.82, 2.24) is 0 Å². The van der Waals surface area contributed by atoms with Gasteiger partial charge in [-0.1, -0.05) is 24.3 Å². The van der Waals surface area contributed by atoms with Crippen LogP contribution in [0.1, 0.15) is 44.1 Å². The molecule has 0 aliphatic heterocycles. The van der Waals surface area contributed by atoms with Crippen molar-refractivity contribution in [3.05, 3.63) is 56.8 Å². The van der Waals surface area contributed by atoms with Gasteiger partial charge in [0.25, 0.3) is 0 Å². The highest BCUT2D eigenvalue weighted by Crippen LogP contribution is 2.31. The predicted octanol–water partition coefficient (Wildman–Crippen LogP) is 4.17. The Hall–Kier alpha value is -1.41. The first-order valence-corrected chi connectivity index (χ1v) is 7.29. The first kappa shape index (κ1) is 11.7. The van der Waals surface area contributed by atoms with E-state index in [0.717, 1.165) is 28.8 Å². The number of aryl methyl sites for hydroxylation is 3. The molecule has 1 aliphatic rings. The van der Waals surface area contributed by atoms with Crippen LogP contribution in [0.2, 0.25) is 0 Å². The summed E-state index contributed by atoms with van der Waals surface area (Å²) in [5.41, 5.74) is 3.31. The lowest BCUT2D eigenvalue weighted by Gasteiger charge is -2.08. The number of thiophene rings is 1. The van der Waals surface area contributed by atoms with Crippen molar-refractivity contribution < 1.29 is 4.79 Å². The van der Waals surface area contributed by atoms with Crippen LogP contribution in [0.15, 0.2) is 30.3 Å². The first-order valence-electron chi connectivity index (χ1n) is 6.47. The average molecular weight is 256 g/mol. The van der Waals surface area contributed by atoms with Crippen molar-refractivity contribution in [3.8, 4) is 0 Å². The molecule has 0 spiro atoms. The monoisotopic (exact) mass is 256 g/mol. The highest BCUT2D eigenvalue weighted by molar-refractivity contribution is 7.14. The van der Waals surface area contributed by atoms with Crippen molar-refractivity contribution in [2.24, 2.45) is 0 Å². The smallest absolute Gasteiger partial charge is 0.203 e. The number of rotatable bonds is 2. The lowest BCUT2D eigenvalue weighted by Crippen LogP contribution is -2.00. The third-order valence-electron chi connectivity index (χ3n) is 3.61. The van der Waals surface area contributed by atoms with Crippen LogP contribution in [-0.4, -0.2) is 5.78 Å². The Morgan fingerprint density at radius 1 is 1.17 bits per heavy atom. The summed E-state index contributed by atoms with van der Waals surface area (Å²) in [6.45, 7) is 2.00. The molecule has 18 heavy (non-hydrogen) atoms. The largest absolute Gasteiger partial charge is 0.288 e. The van der Waals surface area contributed by atoms with Crippen molar-refractivity contribution in [2.45, 2.75) is 32.6 Å². The van der Waals surface area contributed by atoms with Crippen molar-refractivity contribution >= 4 is 17.1 Å². The first-order chi connectivity index (χ1) is 8.75. The molecule has 0 N–H and O–H groups in total. The van der Waals surface area contributed by atoms with Crippen LogP contribution in [0.25, 0.3) is 0 Å². The molecule has 0 fully saturated rings. The van der Waals surface area contributed by atoms with Crippen LogP contribution in [-0.2, 0) is 12.8 Å². The van der Waals surface area contributed by atoms with Crippen molar-refractivity contribution in [3.63, 3.8) is 0 Å². The molecule has 2 heteroatoms. The highest BCUT2D eigenvalue weighted by Gasteiger charge is 2.18. The topological polar surface area (TPSA) is 17.1 Å². The van der Waals surface area contributed by atoms with Gasteiger partial charge in [-0.2, -0.15) is 0 Å². The van der Waals surface area contributed by atoms with E-state index in [1.54, 1.807) is 11.3 Å². The lowest BCUT2D eigenvalue weighted by atomic mass is 9.98. The zero-order valence-corrected chi connectivity index (χ0v) is 11.3. The fraction of sp³-hybridized carbons (Fsp3) is 0.312. The number of fused-ring (bicyclic) bond motifs is 1. The molecule has 1 heterocycles. The summed E-state index contributed by atoms with van der Waals surface area (Å²) in [6, 6.07) is 9.96. The quantitative estimate of drug-likeness (QED) is 0.737. The Balaban J connectivity index is 1.98. The zero-order chi connectivity index (χ0) is 12.5. The van der Waals surface area contributed by atoms with E-state index >= 15 is 0 Å². The van der Waals surface area contributed by atoms with E-state index in [1.807, 2.05) is 31.2 Å². The summed E-state index contributed by atoms with van der Waals surface area (Å²) >= 11 is 1.70. The van der Waals surface area contributed by atoms with Gasteiger partial charge in [0, 0.05) is 10.4 Å². The highest BCUT2D eigenvalue weighted by atomic mass is 32.1. The van der Waals surface area contributed by atoms with Crippen LogP contribution in [0.4, 0.5) is 0 Å². The van der Waals surface area contributed by atoms with E-state index in [9.17, 15) is 4.79 Å². The molecular weight excluding hydrogens is 240 g/mol. The van der Waals surface area contributed by atoms with Crippen molar-refractivity contribution in [2.75, 3.05) is 0 Å². The summed E-state index contributed by atoms with van der Waals surface area (Å²) in [5, 5.41) is 0. The van der Waals surface area contributed by atoms with Gasteiger partial charge >= 0.3 is 0 Å². The molecule has 3 rings (SSSR count). The molecule has 92 valence electrons. The van der Waals surface area contributed by atoms with Gasteiger partial charge in [0.05, 0.1) is 4.88 Å². The second-order valence-electron chi connectivity index (χ2n) is 4.91. The maximum absolute atomic E-state index is 12.5. The minimum atomic E-state index is 0.187. The molecular formula is C16H16OS. The minimum absolute atomic E-state index is 0.187. The van der Waals surface area contributed by atoms with Gasteiger partial charge in [-0.15, -0.1) is 11.3 Å². The zero-order valence-electron chi connectivity index (χ0n) is 10.5. The molecule has 0 bridgehead atoms. The lowest BCUT2D eigenvalue weighted by molar-refractivity contribution is 0.104. The van der Waals surface area contributed by atoms with E-state index in [1.165, 1.54) is 23.3 Å². The van der Waals surface area contributed by atoms with Gasteiger partial charge in [-0.05, 0) is 49.8 Å². The number of carbonyl (C=O) groups excluding carboxylic acids is 1. The number of hydrogen-bond donors (Lipinski definition) is 0. The molecule has 0 amide bonds. The summed E-state index contributed by atoms with van der Waals surface area (Å²) < 4.78 is 0. The molecule has 0 atom stereocenters. The van der Waals surface area contributed by atoms with Crippen LogP contribution in [0.3, 0.4) is 0 Å². The van der Waals surface area contributed by atoms with E-state index in [-0.39, 0.29) is 5.78 Å². The third-order valence-corrected chi connectivity index (χ3v) is 4.85. The van der Waals surface area contributed by atoms with Gasteiger partial charge in [-0.25, -0.2) is 0 Å². The van der Waals surface area contributed by atoms with Crippen LogP contribution in [0.5, 0.6) is 0 Å².